The second kappa shape index (κ2) is 9.43. The molecule has 1 N–H and O–H groups in total. The zero-order valence-corrected chi connectivity index (χ0v) is 18.2. The number of hydrogen-bond acceptors (Lipinski definition) is 5. The van der Waals surface area contributed by atoms with Crippen molar-refractivity contribution in [2.24, 2.45) is 5.92 Å². The van der Waals surface area contributed by atoms with Crippen LogP contribution in [0.3, 0.4) is 0 Å². The van der Waals surface area contributed by atoms with Crippen LogP contribution in [0.25, 0.3) is 17.1 Å². The molecule has 30 heavy (non-hydrogen) atoms. The number of thioether (sulfide) groups is 1. The number of amides is 1. The molecule has 4 rings (SSSR count). The molecule has 2 unspecified atom stereocenters. The molecule has 1 amide bonds. The Hall–Kier alpha value is -2.67. The second-order valence-electron chi connectivity index (χ2n) is 7.89. The standard InChI is InChI=1S/C23H27N5OS/c1-16-8-3-5-11-19(16)25-21(29)15-30-23-27-26-22(18-10-7-13-24-14-18)28(23)20-12-6-4-9-17(20)2/h4,6-7,9-10,12-14,16,19H,3,5,8,11,15H2,1-2H3,(H,25,29). The monoisotopic (exact) mass is 421 g/mol. The number of aromatic nitrogens is 4. The Balaban J connectivity index is 1.57. The van der Waals surface area contributed by atoms with Gasteiger partial charge in [-0.1, -0.05) is 49.7 Å². The first-order valence-corrected chi connectivity index (χ1v) is 11.5. The van der Waals surface area contributed by atoms with Gasteiger partial charge < -0.3 is 5.32 Å². The lowest BCUT2D eigenvalue weighted by Crippen LogP contribution is -2.41. The van der Waals surface area contributed by atoms with E-state index in [2.05, 4.69) is 40.4 Å². The molecule has 0 spiro atoms. The van der Waals surface area contributed by atoms with Crippen LogP contribution in [0.2, 0.25) is 0 Å². The number of benzene rings is 1. The van der Waals surface area contributed by atoms with Crippen molar-refractivity contribution in [3.8, 4) is 17.1 Å². The lowest BCUT2D eigenvalue weighted by Gasteiger charge is -2.29. The summed E-state index contributed by atoms with van der Waals surface area (Å²) >= 11 is 1.42. The van der Waals surface area contributed by atoms with Crippen molar-refractivity contribution in [1.29, 1.82) is 0 Å². The average Bonchev–Trinajstić information content (AvgIpc) is 3.18. The van der Waals surface area contributed by atoms with Crippen LogP contribution in [0.4, 0.5) is 0 Å². The van der Waals surface area contributed by atoms with Crippen LogP contribution in [-0.4, -0.2) is 37.5 Å². The Bertz CT molecular complexity index is 1000. The molecule has 2 aromatic heterocycles. The minimum Gasteiger partial charge on any atom is -0.352 e. The summed E-state index contributed by atoms with van der Waals surface area (Å²) in [6.07, 6.45) is 8.24. The van der Waals surface area contributed by atoms with E-state index in [0.29, 0.717) is 16.8 Å². The molecule has 156 valence electrons. The molecule has 1 aliphatic rings. The molecule has 2 atom stereocenters. The number of pyridine rings is 1. The summed E-state index contributed by atoms with van der Waals surface area (Å²) in [6.45, 7) is 4.29. The van der Waals surface area contributed by atoms with Crippen molar-refractivity contribution in [2.45, 2.75) is 50.7 Å². The number of nitrogens with one attached hydrogen (secondary N) is 1. The zero-order chi connectivity index (χ0) is 20.9. The summed E-state index contributed by atoms with van der Waals surface area (Å²) in [6, 6.07) is 12.3. The van der Waals surface area contributed by atoms with E-state index in [9.17, 15) is 4.79 Å². The number of nitrogens with zero attached hydrogens (tertiary/aromatic N) is 4. The van der Waals surface area contributed by atoms with Gasteiger partial charge in [-0.2, -0.15) is 0 Å². The molecule has 7 heteroatoms. The predicted octanol–water partition coefficient (Wildman–Crippen LogP) is 4.42. The van der Waals surface area contributed by atoms with Gasteiger partial charge in [-0.05, 0) is 49.4 Å². The van der Waals surface area contributed by atoms with Crippen LogP contribution in [-0.2, 0) is 4.79 Å². The number of carbonyl (C=O) groups is 1. The molecule has 1 aromatic carbocycles. The summed E-state index contributed by atoms with van der Waals surface area (Å²) < 4.78 is 2.02. The first kappa shape index (κ1) is 20.6. The minimum absolute atomic E-state index is 0.0565. The largest absolute Gasteiger partial charge is 0.352 e. The van der Waals surface area contributed by atoms with Crippen molar-refractivity contribution >= 4 is 17.7 Å². The van der Waals surface area contributed by atoms with Crippen molar-refractivity contribution in [1.82, 2.24) is 25.1 Å². The van der Waals surface area contributed by atoms with E-state index < -0.39 is 0 Å². The Morgan fingerprint density at radius 1 is 1.17 bits per heavy atom. The number of aryl methyl sites for hydroxylation is 1. The fourth-order valence-corrected chi connectivity index (χ4v) is 4.74. The third kappa shape index (κ3) is 4.56. The highest BCUT2D eigenvalue weighted by atomic mass is 32.2. The number of rotatable bonds is 6. The van der Waals surface area contributed by atoms with Crippen LogP contribution in [0, 0.1) is 12.8 Å². The highest BCUT2D eigenvalue weighted by molar-refractivity contribution is 7.99. The second-order valence-corrected chi connectivity index (χ2v) is 8.84. The Labute approximate surface area is 181 Å². The number of hydrogen-bond donors (Lipinski definition) is 1. The van der Waals surface area contributed by atoms with Gasteiger partial charge in [0, 0.05) is 24.0 Å². The predicted molar refractivity (Wildman–Crippen MR) is 120 cm³/mol. The Morgan fingerprint density at radius 2 is 2.00 bits per heavy atom. The first-order chi connectivity index (χ1) is 14.6. The smallest absolute Gasteiger partial charge is 0.230 e. The van der Waals surface area contributed by atoms with Gasteiger partial charge in [0.1, 0.15) is 0 Å². The lowest BCUT2D eigenvalue weighted by atomic mass is 9.86. The topological polar surface area (TPSA) is 72.7 Å². The highest BCUT2D eigenvalue weighted by Gasteiger charge is 2.24. The summed E-state index contributed by atoms with van der Waals surface area (Å²) in [5.74, 6) is 1.64. The third-order valence-corrected chi connectivity index (χ3v) is 6.63. The lowest BCUT2D eigenvalue weighted by molar-refractivity contribution is -0.119. The van der Waals surface area contributed by atoms with E-state index in [1.54, 1.807) is 12.4 Å². The molecule has 6 nitrogen and oxygen atoms in total. The maximum atomic E-state index is 12.6. The fourth-order valence-electron chi connectivity index (χ4n) is 3.99. The van der Waals surface area contributed by atoms with E-state index in [4.69, 9.17) is 0 Å². The van der Waals surface area contributed by atoms with Crippen LogP contribution in [0.1, 0.15) is 38.2 Å². The number of carbonyl (C=O) groups excluding carboxylic acids is 1. The Kier molecular flexibility index (Phi) is 6.47. The molecule has 0 saturated heterocycles. The molecular weight excluding hydrogens is 394 g/mol. The molecule has 0 bridgehead atoms. The number of para-hydroxylation sites is 1. The van der Waals surface area contributed by atoms with Crippen LogP contribution >= 0.6 is 11.8 Å². The highest BCUT2D eigenvalue weighted by Crippen LogP contribution is 2.29. The quantitative estimate of drug-likeness (QED) is 0.596. The maximum absolute atomic E-state index is 12.6. The van der Waals surface area contributed by atoms with Gasteiger partial charge in [0.2, 0.25) is 5.91 Å². The summed E-state index contributed by atoms with van der Waals surface area (Å²) in [5, 5.41) is 12.8. The van der Waals surface area contributed by atoms with Gasteiger partial charge in [0.15, 0.2) is 11.0 Å². The molecule has 3 aromatic rings. The van der Waals surface area contributed by atoms with Gasteiger partial charge in [-0.15, -0.1) is 10.2 Å². The van der Waals surface area contributed by atoms with E-state index in [1.807, 2.05) is 34.9 Å². The van der Waals surface area contributed by atoms with Crippen LogP contribution in [0.5, 0.6) is 0 Å². The van der Waals surface area contributed by atoms with E-state index in [-0.39, 0.29) is 11.9 Å². The minimum atomic E-state index is 0.0565. The van der Waals surface area contributed by atoms with Crippen molar-refractivity contribution in [2.75, 3.05) is 5.75 Å². The van der Waals surface area contributed by atoms with Crippen molar-refractivity contribution in [3.63, 3.8) is 0 Å². The normalized spacial score (nSPS) is 18.9. The first-order valence-electron chi connectivity index (χ1n) is 10.5. The van der Waals surface area contributed by atoms with Gasteiger partial charge >= 0.3 is 0 Å². The molecule has 1 fully saturated rings. The van der Waals surface area contributed by atoms with Crippen molar-refractivity contribution in [3.05, 3.63) is 54.4 Å². The molecular formula is C23H27N5OS. The fraction of sp³-hybridized carbons (Fsp3) is 0.391. The average molecular weight is 422 g/mol. The van der Waals surface area contributed by atoms with Crippen LogP contribution < -0.4 is 5.32 Å². The van der Waals surface area contributed by atoms with E-state index in [1.165, 1.54) is 31.0 Å². The maximum Gasteiger partial charge on any atom is 0.230 e. The molecule has 0 radical (unpaired) electrons. The third-order valence-electron chi connectivity index (χ3n) is 5.70. The van der Waals surface area contributed by atoms with Gasteiger partial charge in [0.25, 0.3) is 0 Å². The molecule has 0 aliphatic heterocycles. The summed E-state index contributed by atoms with van der Waals surface area (Å²) in [4.78, 5) is 16.8. The molecule has 2 heterocycles. The van der Waals surface area contributed by atoms with Gasteiger partial charge in [-0.25, -0.2) is 0 Å². The summed E-state index contributed by atoms with van der Waals surface area (Å²) in [7, 11) is 0. The van der Waals surface area contributed by atoms with Crippen molar-refractivity contribution < 1.29 is 4.79 Å². The van der Waals surface area contributed by atoms with Gasteiger partial charge in [-0.3, -0.25) is 14.3 Å². The zero-order valence-electron chi connectivity index (χ0n) is 17.4. The molecule has 1 aliphatic carbocycles. The van der Waals surface area contributed by atoms with Gasteiger partial charge in [0.05, 0.1) is 11.4 Å². The van der Waals surface area contributed by atoms with Crippen LogP contribution in [0.15, 0.2) is 53.9 Å². The summed E-state index contributed by atoms with van der Waals surface area (Å²) in [5.41, 5.74) is 3.01. The van der Waals surface area contributed by atoms with E-state index in [0.717, 1.165) is 29.1 Å². The van der Waals surface area contributed by atoms with E-state index >= 15 is 0 Å². The SMILES string of the molecule is Cc1ccccc1-n1c(SCC(=O)NC2CCCCC2C)nnc1-c1cccnc1. The Morgan fingerprint density at radius 3 is 2.77 bits per heavy atom. The molecule has 1 saturated carbocycles.